The van der Waals surface area contributed by atoms with E-state index < -0.39 is 0 Å². The van der Waals surface area contributed by atoms with Crippen molar-refractivity contribution in [3.63, 3.8) is 0 Å². The molecule has 0 spiro atoms. The van der Waals surface area contributed by atoms with Gasteiger partial charge in [-0.3, -0.25) is 4.90 Å². The van der Waals surface area contributed by atoms with Crippen LogP contribution in [0, 0.1) is 0 Å². The summed E-state index contributed by atoms with van der Waals surface area (Å²) in [6.07, 6.45) is -0.368. The van der Waals surface area contributed by atoms with Crippen LogP contribution in [-0.2, 0) is 4.74 Å². The van der Waals surface area contributed by atoms with E-state index in [-0.39, 0.29) is 12.2 Å². The highest BCUT2D eigenvalue weighted by Gasteiger charge is 2.30. The van der Waals surface area contributed by atoms with E-state index in [1.165, 1.54) is 0 Å². The summed E-state index contributed by atoms with van der Waals surface area (Å²) in [5.41, 5.74) is 5.38. The Bertz CT molecular complexity index is 121. The maximum Gasteiger partial charge on any atom is 0.0969 e. The summed E-state index contributed by atoms with van der Waals surface area (Å²) >= 11 is 0. The van der Waals surface area contributed by atoms with Gasteiger partial charge in [-0.2, -0.15) is 0 Å². The van der Waals surface area contributed by atoms with Crippen LogP contribution >= 0.6 is 0 Å². The van der Waals surface area contributed by atoms with Gasteiger partial charge >= 0.3 is 0 Å². The molecule has 4 heteroatoms. The average Bonchev–Trinajstić information content (AvgIpc) is 2.32. The Morgan fingerprint density at radius 1 is 1.64 bits per heavy atom. The molecule has 3 N–H and O–H groups in total. The van der Waals surface area contributed by atoms with Crippen molar-refractivity contribution >= 4 is 0 Å². The summed E-state index contributed by atoms with van der Waals surface area (Å²) in [6, 6.07) is 0. The molecule has 0 amide bonds. The van der Waals surface area contributed by atoms with Crippen LogP contribution in [-0.4, -0.2) is 55.5 Å². The van der Waals surface area contributed by atoms with E-state index in [1.54, 1.807) is 7.11 Å². The molecule has 1 fully saturated rings. The first kappa shape index (κ1) is 8.93. The van der Waals surface area contributed by atoms with Gasteiger partial charge in [-0.15, -0.1) is 0 Å². The molecule has 1 rings (SSSR count). The molecule has 0 radical (unpaired) electrons. The standard InChI is InChI=1S/C7H16N2O2/c1-11-7-5-9(3-2-8)4-6(7)10/h6-7,10H,2-5,8H2,1H3/t6-,7-/m0/s1. The monoisotopic (exact) mass is 160 g/mol. The lowest BCUT2D eigenvalue weighted by atomic mass is 10.3. The zero-order valence-corrected chi connectivity index (χ0v) is 6.86. The Kier molecular flexibility index (Phi) is 3.26. The van der Waals surface area contributed by atoms with Gasteiger partial charge in [-0.05, 0) is 0 Å². The van der Waals surface area contributed by atoms with E-state index in [0.717, 1.165) is 13.1 Å². The molecular weight excluding hydrogens is 144 g/mol. The molecule has 1 aliphatic heterocycles. The van der Waals surface area contributed by atoms with Gasteiger partial charge in [-0.25, -0.2) is 0 Å². The minimum absolute atomic E-state index is 0.0263. The van der Waals surface area contributed by atoms with E-state index in [1.807, 2.05) is 0 Å². The summed E-state index contributed by atoms with van der Waals surface area (Å²) in [6.45, 7) is 2.98. The van der Waals surface area contributed by atoms with E-state index in [2.05, 4.69) is 4.90 Å². The van der Waals surface area contributed by atoms with Crippen molar-refractivity contribution in [2.45, 2.75) is 12.2 Å². The third kappa shape index (κ3) is 2.13. The maximum atomic E-state index is 9.38. The molecule has 66 valence electrons. The summed E-state index contributed by atoms with van der Waals surface area (Å²) in [5.74, 6) is 0. The van der Waals surface area contributed by atoms with E-state index >= 15 is 0 Å². The molecule has 0 unspecified atom stereocenters. The zero-order valence-electron chi connectivity index (χ0n) is 6.86. The first-order chi connectivity index (χ1) is 5.27. The lowest BCUT2D eigenvalue weighted by molar-refractivity contribution is 0.0215. The molecule has 11 heavy (non-hydrogen) atoms. The number of rotatable bonds is 3. The second-order valence-corrected chi connectivity index (χ2v) is 2.89. The summed E-state index contributed by atoms with van der Waals surface area (Å²) in [4.78, 5) is 2.11. The molecule has 1 heterocycles. The van der Waals surface area contributed by atoms with Crippen molar-refractivity contribution < 1.29 is 9.84 Å². The minimum Gasteiger partial charge on any atom is -0.389 e. The lowest BCUT2D eigenvalue weighted by Gasteiger charge is -2.12. The average molecular weight is 160 g/mol. The molecule has 4 nitrogen and oxygen atoms in total. The fourth-order valence-corrected chi connectivity index (χ4v) is 1.43. The first-order valence-electron chi connectivity index (χ1n) is 3.91. The molecule has 0 aromatic heterocycles. The minimum atomic E-state index is -0.341. The predicted molar refractivity (Wildman–Crippen MR) is 42.3 cm³/mol. The van der Waals surface area contributed by atoms with E-state index in [4.69, 9.17) is 10.5 Å². The lowest BCUT2D eigenvalue weighted by Crippen LogP contribution is -2.28. The molecule has 1 saturated heterocycles. The molecule has 0 bridgehead atoms. The predicted octanol–water partition coefficient (Wildman–Crippen LogP) is -1.36. The fourth-order valence-electron chi connectivity index (χ4n) is 1.43. The largest absolute Gasteiger partial charge is 0.389 e. The number of aliphatic hydroxyl groups excluding tert-OH is 1. The van der Waals surface area contributed by atoms with Crippen molar-refractivity contribution in [1.82, 2.24) is 4.90 Å². The quantitative estimate of drug-likeness (QED) is 0.535. The van der Waals surface area contributed by atoms with Crippen LogP contribution < -0.4 is 5.73 Å². The number of methoxy groups -OCH3 is 1. The van der Waals surface area contributed by atoms with Crippen molar-refractivity contribution in [1.29, 1.82) is 0 Å². The van der Waals surface area contributed by atoms with Gasteiger partial charge in [0, 0.05) is 33.3 Å². The van der Waals surface area contributed by atoms with Gasteiger partial charge in [0.05, 0.1) is 12.2 Å². The SMILES string of the molecule is CO[C@H]1CN(CCN)C[C@@H]1O. The Labute approximate surface area is 66.9 Å². The second-order valence-electron chi connectivity index (χ2n) is 2.89. The van der Waals surface area contributed by atoms with Crippen molar-refractivity contribution in [3.05, 3.63) is 0 Å². The smallest absolute Gasteiger partial charge is 0.0969 e. The van der Waals surface area contributed by atoms with Crippen molar-refractivity contribution in [2.24, 2.45) is 5.73 Å². The summed E-state index contributed by atoms with van der Waals surface area (Å²) < 4.78 is 5.07. The molecule has 0 aromatic rings. The number of β-amino-alcohol motifs (C(OH)–C–C–N with tert-alkyl or cyclic N) is 1. The number of hydrogen-bond acceptors (Lipinski definition) is 4. The van der Waals surface area contributed by atoms with Gasteiger partial charge in [0.2, 0.25) is 0 Å². The van der Waals surface area contributed by atoms with Gasteiger partial charge in [-0.1, -0.05) is 0 Å². The van der Waals surface area contributed by atoms with E-state index in [0.29, 0.717) is 13.1 Å². The van der Waals surface area contributed by atoms with Crippen LogP contribution in [0.2, 0.25) is 0 Å². The summed E-state index contributed by atoms with van der Waals surface area (Å²) in [7, 11) is 1.62. The Morgan fingerprint density at radius 3 is 2.82 bits per heavy atom. The molecule has 1 aliphatic rings. The van der Waals surface area contributed by atoms with Crippen molar-refractivity contribution in [2.75, 3.05) is 33.3 Å². The third-order valence-corrected chi connectivity index (χ3v) is 2.06. The molecule has 0 aliphatic carbocycles. The molecule has 2 atom stereocenters. The normalized spacial score (nSPS) is 33.0. The second kappa shape index (κ2) is 4.01. The molecular formula is C7H16N2O2. The van der Waals surface area contributed by atoms with Crippen LogP contribution in [0.15, 0.2) is 0 Å². The van der Waals surface area contributed by atoms with Gasteiger partial charge in [0.15, 0.2) is 0 Å². The highest BCUT2D eigenvalue weighted by atomic mass is 16.5. The van der Waals surface area contributed by atoms with Gasteiger partial charge in [0.25, 0.3) is 0 Å². The van der Waals surface area contributed by atoms with Crippen LogP contribution in [0.5, 0.6) is 0 Å². The summed E-state index contributed by atoms with van der Waals surface area (Å²) in [5, 5.41) is 9.38. The Balaban J connectivity index is 2.30. The Hall–Kier alpha value is -0.160. The Morgan fingerprint density at radius 2 is 2.36 bits per heavy atom. The van der Waals surface area contributed by atoms with Crippen LogP contribution in [0.4, 0.5) is 0 Å². The molecule has 0 aromatic carbocycles. The number of nitrogens with zero attached hydrogens (tertiary/aromatic N) is 1. The van der Waals surface area contributed by atoms with Crippen LogP contribution in [0.1, 0.15) is 0 Å². The number of ether oxygens (including phenoxy) is 1. The highest BCUT2D eigenvalue weighted by molar-refractivity contribution is 4.84. The third-order valence-electron chi connectivity index (χ3n) is 2.06. The van der Waals surface area contributed by atoms with Crippen molar-refractivity contribution in [3.8, 4) is 0 Å². The van der Waals surface area contributed by atoms with E-state index in [9.17, 15) is 5.11 Å². The van der Waals surface area contributed by atoms with Gasteiger partial charge in [0.1, 0.15) is 0 Å². The number of likely N-dealkylation sites (tertiary alicyclic amines) is 1. The highest BCUT2D eigenvalue weighted by Crippen LogP contribution is 2.11. The maximum absolute atomic E-state index is 9.38. The molecule has 0 saturated carbocycles. The fraction of sp³-hybridized carbons (Fsp3) is 1.00. The van der Waals surface area contributed by atoms with Gasteiger partial charge < -0.3 is 15.6 Å². The van der Waals surface area contributed by atoms with Crippen LogP contribution in [0.25, 0.3) is 0 Å². The first-order valence-corrected chi connectivity index (χ1v) is 3.91. The zero-order chi connectivity index (χ0) is 8.27. The van der Waals surface area contributed by atoms with Crippen LogP contribution in [0.3, 0.4) is 0 Å². The topological polar surface area (TPSA) is 58.7 Å². The number of nitrogens with two attached hydrogens (primary N) is 1. The number of aliphatic hydroxyl groups is 1. The number of hydrogen-bond donors (Lipinski definition) is 2.